The molecule has 0 atom stereocenters. The molecule has 0 saturated carbocycles. The number of halogens is 3. The van der Waals surface area contributed by atoms with Gasteiger partial charge in [0.05, 0.1) is 17.6 Å². The Kier molecular flexibility index (Phi) is 6.29. The third kappa shape index (κ3) is 4.86. The van der Waals surface area contributed by atoms with Gasteiger partial charge in [0.25, 0.3) is 0 Å². The molecule has 36 heavy (non-hydrogen) atoms. The molecule has 180 valence electrons. The lowest BCUT2D eigenvalue weighted by Gasteiger charge is -2.24. The minimum Gasteiger partial charge on any atom is -0.319 e. The number of fused-ring (bicyclic) bond motifs is 1. The number of amides is 1. The lowest BCUT2D eigenvalue weighted by atomic mass is 10.1. The molecule has 7 heteroatoms. The second kappa shape index (κ2) is 9.70. The van der Waals surface area contributed by atoms with Gasteiger partial charge in [-0.1, -0.05) is 72.8 Å². The molecule has 0 fully saturated rings. The van der Waals surface area contributed by atoms with Crippen molar-refractivity contribution in [2.24, 2.45) is 0 Å². The standard InChI is InChI=1S/C29H22F3N3O/c30-29(31,32)28(36)34(19-21-9-3-1-4-10-21)24-17-15-23(16-18-24)27-33-25-13-7-8-14-26(25)35(27)20-22-11-5-2-6-12-22/h1-18H,19-20H2. The first-order valence-corrected chi connectivity index (χ1v) is 11.4. The Morgan fingerprint density at radius 1 is 0.750 bits per heavy atom. The Balaban J connectivity index is 1.53. The zero-order chi connectivity index (χ0) is 25.1. The van der Waals surface area contributed by atoms with Crippen LogP contribution in [0, 0.1) is 0 Å². The van der Waals surface area contributed by atoms with Crippen LogP contribution in [0.1, 0.15) is 11.1 Å². The first-order chi connectivity index (χ1) is 17.4. The number of anilines is 1. The first kappa shape index (κ1) is 23.4. The maximum atomic E-state index is 13.4. The molecule has 0 unspecified atom stereocenters. The fraction of sp³-hybridized carbons (Fsp3) is 0.103. The number of carbonyl (C=O) groups excluding carboxylic acids is 1. The van der Waals surface area contributed by atoms with Crippen LogP contribution in [0.25, 0.3) is 22.4 Å². The Bertz CT molecular complexity index is 1480. The first-order valence-electron chi connectivity index (χ1n) is 11.4. The maximum absolute atomic E-state index is 13.4. The summed E-state index contributed by atoms with van der Waals surface area (Å²) in [6, 6.07) is 32.9. The molecule has 5 aromatic rings. The third-order valence-electron chi connectivity index (χ3n) is 5.95. The lowest BCUT2D eigenvalue weighted by molar-refractivity contribution is -0.170. The lowest BCUT2D eigenvalue weighted by Crippen LogP contribution is -2.40. The molecule has 4 nitrogen and oxygen atoms in total. The molecular weight excluding hydrogens is 463 g/mol. The molecule has 1 aromatic heterocycles. The summed E-state index contributed by atoms with van der Waals surface area (Å²) in [6.07, 6.45) is -4.99. The highest BCUT2D eigenvalue weighted by molar-refractivity contribution is 5.97. The summed E-state index contributed by atoms with van der Waals surface area (Å²) in [6.45, 7) is 0.399. The zero-order valence-electron chi connectivity index (χ0n) is 19.2. The summed E-state index contributed by atoms with van der Waals surface area (Å²) in [5.41, 5.74) is 4.39. The van der Waals surface area contributed by atoms with Crippen molar-refractivity contribution in [3.8, 4) is 11.4 Å². The van der Waals surface area contributed by atoms with E-state index in [9.17, 15) is 18.0 Å². The van der Waals surface area contributed by atoms with Crippen LogP contribution >= 0.6 is 0 Å². The Morgan fingerprint density at radius 2 is 1.33 bits per heavy atom. The average molecular weight is 486 g/mol. The largest absolute Gasteiger partial charge is 0.471 e. The molecule has 0 N–H and O–H groups in total. The van der Waals surface area contributed by atoms with E-state index in [2.05, 4.69) is 4.57 Å². The normalized spacial score (nSPS) is 11.5. The summed E-state index contributed by atoms with van der Waals surface area (Å²) in [7, 11) is 0. The van der Waals surface area contributed by atoms with Gasteiger partial charge in [0.15, 0.2) is 0 Å². The van der Waals surface area contributed by atoms with E-state index in [-0.39, 0.29) is 12.2 Å². The van der Waals surface area contributed by atoms with Gasteiger partial charge in [-0.3, -0.25) is 4.79 Å². The number of carbonyl (C=O) groups is 1. The minimum atomic E-state index is -4.99. The second-order valence-corrected chi connectivity index (χ2v) is 8.42. The summed E-state index contributed by atoms with van der Waals surface area (Å²) < 4.78 is 42.3. The van der Waals surface area contributed by atoms with Crippen molar-refractivity contribution in [1.29, 1.82) is 0 Å². The SMILES string of the molecule is O=C(N(Cc1ccccc1)c1ccc(-c2nc3ccccc3n2Cc2ccccc2)cc1)C(F)(F)F. The van der Waals surface area contributed by atoms with Crippen molar-refractivity contribution >= 4 is 22.6 Å². The van der Waals surface area contributed by atoms with Gasteiger partial charge in [0.1, 0.15) is 5.82 Å². The average Bonchev–Trinajstić information content (AvgIpc) is 3.26. The van der Waals surface area contributed by atoms with Crippen LogP contribution in [0.2, 0.25) is 0 Å². The van der Waals surface area contributed by atoms with Gasteiger partial charge in [0.2, 0.25) is 0 Å². The highest BCUT2D eigenvalue weighted by Gasteiger charge is 2.43. The molecule has 0 aliphatic rings. The Labute approximate surface area is 206 Å². The molecule has 4 aromatic carbocycles. The van der Waals surface area contributed by atoms with Gasteiger partial charge >= 0.3 is 12.1 Å². The number of hydrogen-bond donors (Lipinski definition) is 0. The molecule has 0 bridgehead atoms. The van der Waals surface area contributed by atoms with Gasteiger partial charge in [-0.15, -0.1) is 0 Å². The highest BCUT2D eigenvalue weighted by atomic mass is 19.4. The number of imidazole rings is 1. The summed E-state index contributed by atoms with van der Waals surface area (Å²) in [5, 5.41) is 0. The van der Waals surface area contributed by atoms with E-state index in [1.165, 1.54) is 12.1 Å². The number of benzene rings is 4. The van der Waals surface area contributed by atoms with Crippen LogP contribution in [0.4, 0.5) is 18.9 Å². The Hall–Kier alpha value is -4.39. The van der Waals surface area contributed by atoms with Gasteiger partial charge in [-0.05, 0) is 47.5 Å². The van der Waals surface area contributed by atoms with Gasteiger partial charge in [-0.25, -0.2) is 4.98 Å². The summed E-state index contributed by atoms with van der Waals surface area (Å²) >= 11 is 0. The van der Waals surface area contributed by atoms with Crippen molar-refractivity contribution < 1.29 is 18.0 Å². The number of para-hydroxylation sites is 2. The Morgan fingerprint density at radius 3 is 1.97 bits per heavy atom. The fourth-order valence-electron chi connectivity index (χ4n) is 4.21. The van der Waals surface area contributed by atoms with Crippen LogP contribution in [0.5, 0.6) is 0 Å². The van der Waals surface area contributed by atoms with Crippen molar-refractivity contribution in [1.82, 2.24) is 9.55 Å². The van der Waals surface area contributed by atoms with E-state index in [0.717, 1.165) is 27.1 Å². The van der Waals surface area contributed by atoms with Crippen LogP contribution < -0.4 is 4.90 Å². The van der Waals surface area contributed by atoms with Gasteiger partial charge in [0, 0.05) is 17.8 Å². The third-order valence-corrected chi connectivity index (χ3v) is 5.95. The number of aromatic nitrogens is 2. The predicted molar refractivity (Wildman–Crippen MR) is 134 cm³/mol. The number of nitrogens with zero attached hydrogens (tertiary/aromatic N) is 3. The number of alkyl halides is 3. The maximum Gasteiger partial charge on any atom is 0.471 e. The quantitative estimate of drug-likeness (QED) is 0.264. The van der Waals surface area contributed by atoms with Gasteiger partial charge < -0.3 is 9.47 Å². The van der Waals surface area contributed by atoms with Crippen LogP contribution in [-0.2, 0) is 17.9 Å². The molecule has 0 saturated heterocycles. The van der Waals surface area contributed by atoms with Crippen molar-refractivity contribution in [2.45, 2.75) is 19.3 Å². The molecule has 0 radical (unpaired) electrons. The summed E-state index contributed by atoms with van der Waals surface area (Å²) in [5.74, 6) is -1.21. The molecule has 1 amide bonds. The monoisotopic (exact) mass is 485 g/mol. The number of rotatable bonds is 6. The second-order valence-electron chi connectivity index (χ2n) is 8.42. The van der Waals surface area contributed by atoms with Crippen molar-refractivity contribution in [3.05, 3.63) is 120 Å². The van der Waals surface area contributed by atoms with Crippen molar-refractivity contribution in [2.75, 3.05) is 4.90 Å². The fourth-order valence-corrected chi connectivity index (χ4v) is 4.21. The van der Waals surface area contributed by atoms with E-state index in [1.807, 2.05) is 54.6 Å². The van der Waals surface area contributed by atoms with E-state index in [0.29, 0.717) is 17.9 Å². The van der Waals surface area contributed by atoms with Crippen LogP contribution in [-0.4, -0.2) is 21.6 Å². The number of hydrogen-bond acceptors (Lipinski definition) is 2. The topological polar surface area (TPSA) is 38.1 Å². The van der Waals surface area contributed by atoms with E-state index < -0.39 is 12.1 Å². The van der Waals surface area contributed by atoms with Crippen molar-refractivity contribution in [3.63, 3.8) is 0 Å². The highest BCUT2D eigenvalue weighted by Crippen LogP contribution is 2.30. The van der Waals surface area contributed by atoms with E-state index in [4.69, 9.17) is 4.98 Å². The molecular formula is C29H22F3N3O. The smallest absolute Gasteiger partial charge is 0.319 e. The summed E-state index contributed by atoms with van der Waals surface area (Å²) in [4.78, 5) is 17.8. The van der Waals surface area contributed by atoms with E-state index in [1.54, 1.807) is 42.5 Å². The van der Waals surface area contributed by atoms with Crippen LogP contribution in [0.3, 0.4) is 0 Å². The molecule has 0 aliphatic carbocycles. The van der Waals surface area contributed by atoms with E-state index >= 15 is 0 Å². The minimum absolute atomic E-state index is 0.163. The van der Waals surface area contributed by atoms with Gasteiger partial charge in [-0.2, -0.15) is 13.2 Å². The molecule has 0 spiro atoms. The zero-order valence-corrected chi connectivity index (χ0v) is 19.2. The molecule has 5 rings (SSSR count). The predicted octanol–water partition coefficient (Wildman–Crippen LogP) is 6.85. The molecule has 0 aliphatic heterocycles. The molecule has 1 heterocycles. The van der Waals surface area contributed by atoms with Crippen LogP contribution in [0.15, 0.2) is 109 Å².